The summed E-state index contributed by atoms with van der Waals surface area (Å²) < 4.78 is 27.9. The number of nitrogens with zero attached hydrogens (tertiary/aromatic N) is 3. The molecule has 7 heteroatoms. The van der Waals surface area contributed by atoms with Gasteiger partial charge in [0.15, 0.2) is 11.6 Å². The number of fused-ring (bicyclic) bond motifs is 1. The van der Waals surface area contributed by atoms with E-state index >= 15 is 0 Å². The molecule has 2 atom stereocenters. The molecule has 0 saturated carbocycles. The first-order valence-corrected chi connectivity index (χ1v) is 11.1. The lowest BCUT2D eigenvalue weighted by atomic mass is 9.99. The maximum atomic E-state index is 14.3. The summed E-state index contributed by atoms with van der Waals surface area (Å²) in [6.07, 6.45) is 4.10. The third-order valence-corrected chi connectivity index (χ3v) is 7.31. The van der Waals surface area contributed by atoms with E-state index in [-0.39, 0.29) is 10.9 Å². The molecule has 3 heterocycles. The van der Waals surface area contributed by atoms with Crippen LogP contribution in [0.15, 0.2) is 42.6 Å². The first-order chi connectivity index (χ1) is 14.4. The van der Waals surface area contributed by atoms with Crippen LogP contribution in [0.2, 0.25) is 0 Å². The van der Waals surface area contributed by atoms with Gasteiger partial charge in [0, 0.05) is 17.6 Å². The largest absolute Gasteiger partial charge is 0.340 e. The van der Waals surface area contributed by atoms with Gasteiger partial charge < -0.3 is 4.98 Å². The van der Waals surface area contributed by atoms with Crippen LogP contribution < -0.4 is 0 Å². The van der Waals surface area contributed by atoms with Crippen molar-refractivity contribution in [2.45, 2.75) is 44.5 Å². The molecular formula is C23H24F2N4S. The van der Waals surface area contributed by atoms with Crippen LogP contribution >= 0.6 is 11.8 Å². The number of hydrazine groups is 1. The van der Waals surface area contributed by atoms with E-state index in [4.69, 9.17) is 0 Å². The summed E-state index contributed by atoms with van der Waals surface area (Å²) in [5.41, 5.74) is 2.63. The van der Waals surface area contributed by atoms with E-state index in [0.717, 1.165) is 25.5 Å². The van der Waals surface area contributed by atoms with Crippen molar-refractivity contribution < 1.29 is 8.78 Å². The summed E-state index contributed by atoms with van der Waals surface area (Å²) in [5, 5.41) is 4.83. The van der Waals surface area contributed by atoms with E-state index in [2.05, 4.69) is 71.2 Å². The van der Waals surface area contributed by atoms with Crippen molar-refractivity contribution >= 4 is 27.7 Å². The number of halogens is 2. The van der Waals surface area contributed by atoms with Crippen LogP contribution in [0.5, 0.6) is 0 Å². The van der Waals surface area contributed by atoms with Crippen molar-refractivity contribution in [2.75, 3.05) is 6.54 Å². The molecule has 1 fully saturated rings. The predicted octanol–water partition coefficient (Wildman–Crippen LogP) is 5.77. The molecule has 0 amide bonds. The van der Waals surface area contributed by atoms with Gasteiger partial charge in [0.1, 0.15) is 11.3 Å². The second-order valence-electron chi connectivity index (χ2n) is 8.30. The number of benzene rings is 2. The fourth-order valence-electron chi connectivity index (χ4n) is 4.53. The quantitative estimate of drug-likeness (QED) is 0.577. The summed E-state index contributed by atoms with van der Waals surface area (Å²) in [6.45, 7) is 7.30. The number of hydrogen-bond acceptors (Lipinski definition) is 4. The van der Waals surface area contributed by atoms with Gasteiger partial charge in [-0.05, 0) is 51.3 Å². The molecule has 2 aliphatic rings. The molecule has 5 rings (SSSR count). The summed E-state index contributed by atoms with van der Waals surface area (Å²) in [5.74, 6) is -1.09. The summed E-state index contributed by atoms with van der Waals surface area (Å²) in [4.78, 5) is 8.98. The van der Waals surface area contributed by atoms with Crippen LogP contribution in [0.25, 0.3) is 15.9 Å². The lowest BCUT2D eigenvalue weighted by Gasteiger charge is -2.41. The van der Waals surface area contributed by atoms with Crippen molar-refractivity contribution in [3.05, 3.63) is 71.2 Å². The van der Waals surface area contributed by atoms with E-state index in [1.807, 2.05) is 11.8 Å². The van der Waals surface area contributed by atoms with Crippen molar-refractivity contribution in [2.24, 2.45) is 0 Å². The first kappa shape index (κ1) is 19.6. The molecule has 1 N–H and O–H groups in total. The maximum absolute atomic E-state index is 14.3. The number of nitrogens with one attached hydrogen (secondary N) is 1. The second-order valence-corrected chi connectivity index (χ2v) is 9.66. The van der Waals surface area contributed by atoms with E-state index in [9.17, 15) is 8.78 Å². The first-order valence-electron chi connectivity index (χ1n) is 10.2. The van der Waals surface area contributed by atoms with Gasteiger partial charge in [-0.2, -0.15) is 0 Å². The smallest absolute Gasteiger partial charge is 0.186 e. The molecule has 2 aliphatic heterocycles. The molecule has 0 aliphatic carbocycles. The third kappa shape index (κ3) is 3.03. The zero-order chi connectivity index (χ0) is 21.0. The van der Waals surface area contributed by atoms with Crippen molar-refractivity contribution in [1.82, 2.24) is 20.0 Å². The summed E-state index contributed by atoms with van der Waals surface area (Å²) >= 11 is 1.83. The van der Waals surface area contributed by atoms with Crippen molar-refractivity contribution in [1.29, 1.82) is 0 Å². The highest BCUT2D eigenvalue weighted by Gasteiger charge is 2.45. The Kier molecular flexibility index (Phi) is 4.63. The van der Waals surface area contributed by atoms with Crippen LogP contribution in [0.3, 0.4) is 0 Å². The van der Waals surface area contributed by atoms with Gasteiger partial charge in [-0.15, -0.1) is 0 Å². The van der Waals surface area contributed by atoms with Crippen LogP contribution in [-0.2, 0) is 5.54 Å². The lowest BCUT2D eigenvalue weighted by Crippen LogP contribution is -2.50. The molecule has 0 spiro atoms. The molecular weight excluding hydrogens is 402 g/mol. The highest BCUT2D eigenvalue weighted by Crippen LogP contribution is 2.46. The predicted molar refractivity (Wildman–Crippen MR) is 117 cm³/mol. The Hall–Kier alpha value is -2.38. The molecule has 1 saturated heterocycles. The van der Waals surface area contributed by atoms with Gasteiger partial charge in [-0.3, -0.25) is 5.01 Å². The Bertz CT molecular complexity index is 1160. The Labute approximate surface area is 178 Å². The van der Waals surface area contributed by atoms with Crippen molar-refractivity contribution in [3.63, 3.8) is 0 Å². The van der Waals surface area contributed by atoms with E-state index in [1.165, 1.54) is 16.0 Å². The molecule has 0 radical (unpaired) electrons. The number of rotatable bonds is 3. The van der Waals surface area contributed by atoms with Crippen LogP contribution in [-0.4, -0.2) is 31.9 Å². The standard InChI is InChI=1S/C23H24F2N4S/c1-14-6-4-7-16(12-14)19-13-28(15(2)30-19)29-11-5-10-23(29,3)22-26-18-9-8-17(24)20(25)21(18)27-22/h4,6-9,12-13,15H,5,10-11H2,1-3H3,(H,26,27)/t15?,23-/m0/s1. The van der Waals surface area contributed by atoms with Crippen molar-refractivity contribution in [3.8, 4) is 0 Å². The fraction of sp³-hybridized carbons (Fsp3) is 0.348. The minimum absolute atomic E-state index is 0.0675. The van der Waals surface area contributed by atoms with Gasteiger partial charge >= 0.3 is 0 Å². The average Bonchev–Trinajstić information content (AvgIpc) is 3.42. The van der Waals surface area contributed by atoms with Gasteiger partial charge in [0.2, 0.25) is 0 Å². The van der Waals surface area contributed by atoms with Gasteiger partial charge in [0.05, 0.1) is 16.4 Å². The molecule has 156 valence electrons. The summed E-state index contributed by atoms with van der Waals surface area (Å²) in [7, 11) is 0. The Balaban J connectivity index is 1.52. The fourth-order valence-corrected chi connectivity index (χ4v) is 5.61. The molecule has 30 heavy (non-hydrogen) atoms. The molecule has 1 aromatic heterocycles. The number of aromatic nitrogens is 2. The minimum atomic E-state index is -0.894. The number of hydrogen-bond donors (Lipinski definition) is 1. The number of H-pyrrole nitrogens is 1. The average molecular weight is 427 g/mol. The monoisotopic (exact) mass is 426 g/mol. The Morgan fingerprint density at radius 1 is 1.23 bits per heavy atom. The summed E-state index contributed by atoms with van der Waals surface area (Å²) in [6, 6.07) is 11.2. The minimum Gasteiger partial charge on any atom is -0.340 e. The number of aromatic amines is 1. The molecule has 3 aromatic rings. The number of thioether (sulfide) groups is 1. The number of imidazole rings is 1. The van der Waals surface area contributed by atoms with Crippen LogP contribution in [0.4, 0.5) is 8.78 Å². The lowest BCUT2D eigenvalue weighted by molar-refractivity contribution is -0.0492. The topological polar surface area (TPSA) is 35.2 Å². The Morgan fingerprint density at radius 2 is 2.07 bits per heavy atom. The zero-order valence-electron chi connectivity index (χ0n) is 17.2. The van der Waals surface area contributed by atoms with Gasteiger partial charge in [-0.1, -0.05) is 41.6 Å². The van der Waals surface area contributed by atoms with Crippen LogP contribution in [0, 0.1) is 18.6 Å². The van der Waals surface area contributed by atoms with Gasteiger partial charge in [-0.25, -0.2) is 18.8 Å². The SMILES string of the molecule is Cc1cccc(C2=CN(N3CCC[C@@]3(C)c3nc4c(F)c(F)ccc4[nH]3)C(C)S2)c1. The molecule has 4 nitrogen and oxygen atoms in total. The maximum Gasteiger partial charge on any atom is 0.186 e. The highest BCUT2D eigenvalue weighted by atomic mass is 32.2. The second kappa shape index (κ2) is 7.10. The Morgan fingerprint density at radius 3 is 2.87 bits per heavy atom. The van der Waals surface area contributed by atoms with E-state index in [0.29, 0.717) is 11.3 Å². The molecule has 2 aromatic carbocycles. The third-order valence-electron chi connectivity index (χ3n) is 6.16. The highest BCUT2D eigenvalue weighted by molar-refractivity contribution is 8.09. The van der Waals surface area contributed by atoms with Gasteiger partial charge in [0.25, 0.3) is 0 Å². The zero-order valence-corrected chi connectivity index (χ0v) is 18.1. The van der Waals surface area contributed by atoms with E-state index in [1.54, 1.807) is 6.07 Å². The van der Waals surface area contributed by atoms with E-state index < -0.39 is 17.2 Å². The molecule has 0 bridgehead atoms. The van der Waals surface area contributed by atoms with Crippen LogP contribution in [0.1, 0.15) is 43.6 Å². The number of aryl methyl sites for hydroxylation is 1. The normalized spacial score (nSPS) is 24.8. The molecule has 1 unspecified atom stereocenters.